The molecule has 7 nitrogen and oxygen atoms in total. The molecule has 1 N–H and O–H groups in total. The molecule has 0 bridgehead atoms. The van der Waals surface area contributed by atoms with Crippen molar-refractivity contribution in [3.63, 3.8) is 0 Å². The highest BCUT2D eigenvalue weighted by Crippen LogP contribution is 2.26. The molecule has 1 atom stereocenters. The molecular weight excluding hydrogens is 565 g/mol. The minimum Gasteiger partial charge on any atom is -0.352 e. The smallest absolute Gasteiger partial charge is 0.264 e. The zero-order valence-electron chi connectivity index (χ0n) is 23.2. The third-order valence-corrected chi connectivity index (χ3v) is 9.46. The van der Waals surface area contributed by atoms with Gasteiger partial charge in [0, 0.05) is 23.2 Å². The van der Waals surface area contributed by atoms with Crippen LogP contribution >= 0.6 is 11.6 Å². The standard InChI is InChI=1S/C31H35ClFN3O4S/c1-22-12-18-28(19-13-22)41(39,40)36(27-16-14-25(32)15-17-27)21-30(37)35(20-24-8-6-7-11-29(24)33)23(2)31(38)34-26-9-4-3-5-10-26/h6-8,11-19,23,26H,3-5,9-10,20-21H2,1-2H3,(H,34,38)/t23-/m0/s1. The van der Waals surface area contributed by atoms with E-state index in [2.05, 4.69) is 5.32 Å². The van der Waals surface area contributed by atoms with Gasteiger partial charge in [0.15, 0.2) is 0 Å². The van der Waals surface area contributed by atoms with E-state index in [1.807, 2.05) is 6.92 Å². The van der Waals surface area contributed by atoms with Gasteiger partial charge in [-0.05, 0) is 69.2 Å². The van der Waals surface area contributed by atoms with Crippen LogP contribution in [0, 0.1) is 12.7 Å². The van der Waals surface area contributed by atoms with Crippen LogP contribution < -0.4 is 9.62 Å². The van der Waals surface area contributed by atoms with Crippen molar-refractivity contribution >= 4 is 39.1 Å². The van der Waals surface area contributed by atoms with Crippen LogP contribution in [-0.4, -0.2) is 43.8 Å². The van der Waals surface area contributed by atoms with Gasteiger partial charge >= 0.3 is 0 Å². The number of anilines is 1. The molecule has 41 heavy (non-hydrogen) atoms. The molecule has 218 valence electrons. The molecule has 1 aliphatic carbocycles. The van der Waals surface area contributed by atoms with Crippen LogP contribution in [0.3, 0.4) is 0 Å². The molecule has 2 amide bonds. The van der Waals surface area contributed by atoms with Gasteiger partial charge in [-0.1, -0.05) is 66.8 Å². The Morgan fingerprint density at radius 3 is 2.24 bits per heavy atom. The topological polar surface area (TPSA) is 86.8 Å². The molecule has 0 aromatic heterocycles. The van der Waals surface area contributed by atoms with Crippen molar-refractivity contribution in [3.8, 4) is 0 Å². The summed E-state index contributed by atoms with van der Waals surface area (Å²) in [6, 6.07) is 17.5. The van der Waals surface area contributed by atoms with Gasteiger partial charge in [-0.25, -0.2) is 12.8 Å². The lowest BCUT2D eigenvalue weighted by molar-refractivity contribution is -0.139. The Kier molecular flexibility index (Phi) is 10.0. The average molecular weight is 600 g/mol. The number of rotatable bonds is 10. The van der Waals surface area contributed by atoms with E-state index in [9.17, 15) is 22.4 Å². The van der Waals surface area contributed by atoms with Crippen molar-refractivity contribution in [1.29, 1.82) is 0 Å². The number of hydrogen-bond acceptors (Lipinski definition) is 4. The first-order chi connectivity index (χ1) is 19.6. The largest absolute Gasteiger partial charge is 0.352 e. The molecule has 0 aliphatic heterocycles. The SMILES string of the molecule is Cc1ccc(S(=O)(=O)N(CC(=O)N(Cc2ccccc2F)[C@@H](C)C(=O)NC2CCCCC2)c2ccc(Cl)cc2)cc1. The van der Waals surface area contributed by atoms with Crippen LogP contribution in [0.25, 0.3) is 0 Å². The first-order valence-electron chi connectivity index (χ1n) is 13.7. The van der Waals surface area contributed by atoms with Crippen molar-refractivity contribution in [2.24, 2.45) is 0 Å². The fourth-order valence-electron chi connectivity index (χ4n) is 4.94. The number of carbonyl (C=O) groups is 2. The third kappa shape index (κ3) is 7.65. The Morgan fingerprint density at radius 2 is 1.61 bits per heavy atom. The summed E-state index contributed by atoms with van der Waals surface area (Å²) in [4.78, 5) is 28.6. The second-order valence-electron chi connectivity index (χ2n) is 10.4. The molecule has 1 fully saturated rings. The summed E-state index contributed by atoms with van der Waals surface area (Å²) in [6.45, 7) is 2.62. The second kappa shape index (κ2) is 13.5. The summed E-state index contributed by atoms with van der Waals surface area (Å²) in [6.07, 6.45) is 4.88. The lowest BCUT2D eigenvalue weighted by atomic mass is 9.95. The molecule has 0 unspecified atom stereocenters. The van der Waals surface area contributed by atoms with E-state index >= 15 is 0 Å². The molecule has 4 rings (SSSR count). The van der Waals surface area contributed by atoms with Crippen LogP contribution in [0.4, 0.5) is 10.1 Å². The molecule has 10 heteroatoms. The average Bonchev–Trinajstić information content (AvgIpc) is 2.96. The zero-order chi connectivity index (χ0) is 29.6. The summed E-state index contributed by atoms with van der Waals surface area (Å²) in [5.41, 5.74) is 1.33. The van der Waals surface area contributed by atoms with Crippen molar-refractivity contribution in [2.45, 2.75) is 69.5 Å². The molecule has 0 heterocycles. The molecule has 0 radical (unpaired) electrons. The van der Waals surface area contributed by atoms with Gasteiger partial charge in [-0.2, -0.15) is 0 Å². The molecular formula is C31H35ClFN3O4S. The predicted molar refractivity (Wildman–Crippen MR) is 159 cm³/mol. The second-order valence-corrected chi connectivity index (χ2v) is 12.7. The Balaban J connectivity index is 1.68. The summed E-state index contributed by atoms with van der Waals surface area (Å²) < 4.78 is 43.4. The van der Waals surface area contributed by atoms with Gasteiger partial charge in [0.2, 0.25) is 11.8 Å². The lowest BCUT2D eigenvalue weighted by Gasteiger charge is -2.33. The lowest BCUT2D eigenvalue weighted by Crippen LogP contribution is -2.53. The summed E-state index contributed by atoms with van der Waals surface area (Å²) in [5.74, 6) is -1.53. The first-order valence-corrected chi connectivity index (χ1v) is 15.6. The van der Waals surface area contributed by atoms with Crippen molar-refractivity contribution in [3.05, 3.63) is 94.8 Å². The van der Waals surface area contributed by atoms with Gasteiger partial charge in [-0.15, -0.1) is 0 Å². The number of carbonyl (C=O) groups excluding carboxylic acids is 2. The quantitative estimate of drug-likeness (QED) is 0.317. The number of hydrogen-bond donors (Lipinski definition) is 1. The van der Waals surface area contributed by atoms with Gasteiger partial charge in [0.1, 0.15) is 18.4 Å². The highest BCUT2D eigenvalue weighted by atomic mass is 35.5. The normalized spacial score (nSPS) is 14.7. The van der Waals surface area contributed by atoms with Crippen molar-refractivity contribution in [1.82, 2.24) is 10.2 Å². The van der Waals surface area contributed by atoms with E-state index in [-0.39, 0.29) is 34.6 Å². The van der Waals surface area contributed by atoms with E-state index in [0.717, 1.165) is 42.0 Å². The number of amides is 2. The van der Waals surface area contributed by atoms with E-state index < -0.39 is 34.3 Å². The number of aryl methyl sites for hydroxylation is 1. The molecule has 1 saturated carbocycles. The van der Waals surface area contributed by atoms with Crippen molar-refractivity contribution in [2.75, 3.05) is 10.8 Å². The van der Waals surface area contributed by atoms with Gasteiger partial charge < -0.3 is 10.2 Å². The van der Waals surface area contributed by atoms with Crippen LogP contribution in [0.1, 0.15) is 50.2 Å². The number of sulfonamides is 1. The fourth-order valence-corrected chi connectivity index (χ4v) is 6.48. The van der Waals surface area contributed by atoms with Crippen LogP contribution in [0.5, 0.6) is 0 Å². The van der Waals surface area contributed by atoms with E-state index in [0.29, 0.717) is 5.02 Å². The maximum Gasteiger partial charge on any atom is 0.264 e. The Hall–Kier alpha value is -3.43. The Bertz CT molecular complexity index is 1460. The van der Waals surface area contributed by atoms with Gasteiger partial charge in [0.05, 0.1) is 10.6 Å². The molecule has 0 spiro atoms. The first kappa shape index (κ1) is 30.5. The number of nitrogens with zero attached hydrogens (tertiary/aromatic N) is 2. The van der Waals surface area contributed by atoms with E-state index in [1.54, 1.807) is 37.3 Å². The van der Waals surface area contributed by atoms with E-state index in [1.165, 1.54) is 47.4 Å². The van der Waals surface area contributed by atoms with Gasteiger partial charge in [-0.3, -0.25) is 13.9 Å². The fraction of sp³-hybridized carbons (Fsp3) is 0.355. The van der Waals surface area contributed by atoms with Gasteiger partial charge in [0.25, 0.3) is 10.0 Å². The molecule has 1 aliphatic rings. The number of halogens is 2. The Morgan fingerprint density at radius 1 is 0.976 bits per heavy atom. The molecule has 3 aromatic carbocycles. The highest BCUT2D eigenvalue weighted by molar-refractivity contribution is 7.92. The zero-order valence-corrected chi connectivity index (χ0v) is 24.8. The monoisotopic (exact) mass is 599 g/mol. The predicted octanol–water partition coefficient (Wildman–Crippen LogP) is 5.85. The maximum absolute atomic E-state index is 14.7. The highest BCUT2D eigenvalue weighted by Gasteiger charge is 2.33. The summed E-state index contributed by atoms with van der Waals surface area (Å²) in [7, 11) is -4.19. The number of benzene rings is 3. The van der Waals surface area contributed by atoms with Crippen LogP contribution in [-0.2, 0) is 26.2 Å². The maximum atomic E-state index is 14.7. The molecule has 0 saturated heterocycles. The van der Waals surface area contributed by atoms with Crippen LogP contribution in [0.15, 0.2) is 77.7 Å². The number of nitrogens with one attached hydrogen (secondary N) is 1. The minimum atomic E-state index is -4.19. The Labute approximate surface area is 246 Å². The minimum absolute atomic E-state index is 0.00888. The summed E-state index contributed by atoms with van der Waals surface area (Å²) in [5, 5.41) is 3.44. The third-order valence-electron chi connectivity index (χ3n) is 7.42. The van der Waals surface area contributed by atoms with Crippen molar-refractivity contribution < 1.29 is 22.4 Å². The molecule has 3 aromatic rings. The van der Waals surface area contributed by atoms with E-state index in [4.69, 9.17) is 11.6 Å². The summed E-state index contributed by atoms with van der Waals surface area (Å²) >= 11 is 6.06. The van der Waals surface area contributed by atoms with Crippen LogP contribution in [0.2, 0.25) is 5.02 Å².